The van der Waals surface area contributed by atoms with E-state index in [9.17, 15) is 14.7 Å². The highest BCUT2D eigenvalue weighted by Crippen LogP contribution is 2.40. The van der Waals surface area contributed by atoms with E-state index < -0.39 is 11.5 Å². The number of carbonyl (C=O) groups excluding carboxylic acids is 2. The van der Waals surface area contributed by atoms with Crippen molar-refractivity contribution in [2.45, 2.75) is 32.8 Å². The van der Waals surface area contributed by atoms with Gasteiger partial charge in [-0.15, -0.1) is 0 Å². The molecule has 3 rings (SSSR count). The van der Waals surface area contributed by atoms with Crippen LogP contribution in [0.25, 0.3) is 0 Å². The minimum absolute atomic E-state index is 0.249. The standard InChI is InChI=1S/C19H18BrNO3/c1-10-6-12(3)14(7-11(10)2)17(22)9-19(24)15-8-13(20)4-5-16(15)21-18(19)23/h4-8,24H,9H2,1-3H3,(H,21,23). The van der Waals surface area contributed by atoms with Crippen LogP contribution >= 0.6 is 15.9 Å². The lowest BCUT2D eigenvalue weighted by Gasteiger charge is -2.21. The van der Waals surface area contributed by atoms with Gasteiger partial charge in [0.25, 0.3) is 5.91 Å². The van der Waals surface area contributed by atoms with Crippen LogP contribution < -0.4 is 5.32 Å². The molecule has 2 aromatic rings. The van der Waals surface area contributed by atoms with E-state index in [1.165, 1.54) is 0 Å². The Bertz CT molecular complexity index is 875. The second-order valence-corrected chi connectivity index (χ2v) is 7.27. The summed E-state index contributed by atoms with van der Waals surface area (Å²) >= 11 is 3.34. The van der Waals surface area contributed by atoms with E-state index in [0.29, 0.717) is 16.8 Å². The number of hydrogen-bond donors (Lipinski definition) is 2. The number of halogens is 1. The van der Waals surface area contributed by atoms with Crippen LogP contribution in [0.4, 0.5) is 5.69 Å². The van der Waals surface area contributed by atoms with E-state index in [-0.39, 0.29) is 12.2 Å². The van der Waals surface area contributed by atoms with Crippen LogP contribution in [-0.2, 0) is 10.4 Å². The molecule has 0 saturated carbocycles. The molecular weight excluding hydrogens is 370 g/mol. The van der Waals surface area contributed by atoms with Crippen molar-refractivity contribution in [1.82, 2.24) is 0 Å². The molecule has 0 aliphatic carbocycles. The van der Waals surface area contributed by atoms with Crippen molar-refractivity contribution in [1.29, 1.82) is 0 Å². The van der Waals surface area contributed by atoms with Gasteiger partial charge >= 0.3 is 0 Å². The number of anilines is 1. The van der Waals surface area contributed by atoms with Crippen molar-refractivity contribution in [2.75, 3.05) is 5.32 Å². The van der Waals surface area contributed by atoms with Crippen molar-refractivity contribution in [3.8, 4) is 0 Å². The van der Waals surface area contributed by atoms with Crippen molar-refractivity contribution in [3.63, 3.8) is 0 Å². The van der Waals surface area contributed by atoms with Crippen LogP contribution in [0.15, 0.2) is 34.8 Å². The number of rotatable bonds is 3. The Morgan fingerprint density at radius 3 is 2.50 bits per heavy atom. The van der Waals surface area contributed by atoms with Crippen LogP contribution in [0.5, 0.6) is 0 Å². The number of amides is 1. The Balaban J connectivity index is 1.99. The normalized spacial score (nSPS) is 19.1. The van der Waals surface area contributed by atoms with E-state index in [4.69, 9.17) is 0 Å². The second-order valence-electron chi connectivity index (χ2n) is 6.36. The summed E-state index contributed by atoms with van der Waals surface area (Å²) in [6.07, 6.45) is -0.286. The van der Waals surface area contributed by atoms with Gasteiger partial charge in [0.2, 0.25) is 0 Å². The summed E-state index contributed by atoms with van der Waals surface area (Å²) in [6, 6.07) is 8.94. The van der Waals surface area contributed by atoms with Gasteiger partial charge in [0.05, 0.1) is 6.42 Å². The summed E-state index contributed by atoms with van der Waals surface area (Å²) in [7, 11) is 0. The minimum Gasteiger partial charge on any atom is -0.375 e. The Morgan fingerprint density at radius 1 is 1.12 bits per heavy atom. The maximum absolute atomic E-state index is 12.8. The fourth-order valence-electron chi connectivity index (χ4n) is 3.08. The SMILES string of the molecule is Cc1cc(C)c(C(=O)CC2(O)C(=O)Nc3ccc(Br)cc32)cc1C. The Morgan fingerprint density at radius 2 is 1.79 bits per heavy atom. The first-order valence-corrected chi connectivity index (χ1v) is 8.46. The molecule has 24 heavy (non-hydrogen) atoms. The molecule has 1 atom stereocenters. The van der Waals surface area contributed by atoms with Gasteiger partial charge in [-0.05, 0) is 61.7 Å². The van der Waals surface area contributed by atoms with Crippen LogP contribution in [0.3, 0.4) is 0 Å². The maximum Gasteiger partial charge on any atom is 0.261 e. The Kier molecular flexibility index (Phi) is 4.10. The topological polar surface area (TPSA) is 66.4 Å². The molecule has 4 nitrogen and oxygen atoms in total. The molecule has 124 valence electrons. The molecule has 0 fully saturated rings. The predicted molar refractivity (Wildman–Crippen MR) is 96.3 cm³/mol. The zero-order valence-electron chi connectivity index (χ0n) is 13.7. The number of ketones is 1. The summed E-state index contributed by atoms with van der Waals surface area (Å²) < 4.78 is 0.742. The number of benzene rings is 2. The molecule has 1 unspecified atom stereocenters. The lowest BCUT2D eigenvalue weighted by Crippen LogP contribution is -2.36. The summed E-state index contributed by atoms with van der Waals surface area (Å²) in [6.45, 7) is 5.79. The molecule has 2 aromatic carbocycles. The summed E-state index contributed by atoms with van der Waals surface area (Å²) in [5.41, 5.74) is 2.63. The van der Waals surface area contributed by atoms with Crippen molar-refractivity contribution >= 4 is 33.3 Å². The van der Waals surface area contributed by atoms with Crippen LogP contribution in [0.2, 0.25) is 0 Å². The minimum atomic E-state index is -1.85. The van der Waals surface area contributed by atoms with Crippen molar-refractivity contribution in [2.24, 2.45) is 0 Å². The quantitative estimate of drug-likeness (QED) is 0.787. The average molecular weight is 388 g/mol. The Hall–Kier alpha value is -1.98. The molecule has 2 N–H and O–H groups in total. The fraction of sp³-hybridized carbons (Fsp3) is 0.263. The van der Waals surface area contributed by atoms with Gasteiger partial charge in [0.15, 0.2) is 11.4 Å². The zero-order valence-corrected chi connectivity index (χ0v) is 15.3. The van der Waals surface area contributed by atoms with Crippen LogP contribution in [0, 0.1) is 20.8 Å². The lowest BCUT2D eigenvalue weighted by atomic mass is 9.86. The van der Waals surface area contributed by atoms with E-state index in [2.05, 4.69) is 21.2 Å². The molecule has 0 spiro atoms. The molecule has 1 aliphatic heterocycles. The van der Waals surface area contributed by atoms with Gasteiger partial charge in [0.1, 0.15) is 0 Å². The highest BCUT2D eigenvalue weighted by Gasteiger charge is 2.47. The largest absolute Gasteiger partial charge is 0.375 e. The lowest BCUT2D eigenvalue weighted by molar-refractivity contribution is -0.133. The monoisotopic (exact) mass is 387 g/mol. The van der Waals surface area contributed by atoms with E-state index in [1.54, 1.807) is 18.2 Å². The van der Waals surface area contributed by atoms with Crippen molar-refractivity contribution in [3.05, 3.63) is 62.6 Å². The molecule has 1 amide bonds. The molecule has 0 radical (unpaired) electrons. The molecule has 1 heterocycles. The number of carbonyl (C=O) groups is 2. The first-order chi connectivity index (χ1) is 11.2. The van der Waals surface area contributed by atoms with Gasteiger partial charge in [-0.2, -0.15) is 0 Å². The smallest absolute Gasteiger partial charge is 0.261 e. The number of Topliss-reactive ketones (excluding diaryl/α,β-unsaturated/α-hetero) is 1. The molecular formula is C19H18BrNO3. The number of nitrogens with one attached hydrogen (secondary N) is 1. The summed E-state index contributed by atoms with van der Waals surface area (Å²) in [4.78, 5) is 25.1. The Labute approximate surface area is 149 Å². The van der Waals surface area contributed by atoms with E-state index in [1.807, 2.05) is 32.9 Å². The highest BCUT2D eigenvalue weighted by atomic mass is 79.9. The molecule has 5 heteroatoms. The van der Waals surface area contributed by atoms with Gasteiger partial charge in [0, 0.05) is 21.3 Å². The maximum atomic E-state index is 12.8. The number of hydrogen-bond acceptors (Lipinski definition) is 3. The van der Waals surface area contributed by atoms with Gasteiger partial charge < -0.3 is 10.4 Å². The van der Waals surface area contributed by atoms with Gasteiger partial charge in [-0.1, -0.05) is 22.0 Å². The third kappa shape index (κ3) is 2.68. The molecule has 1 aliphatic rings. The van der Waals surface area contributed by atoms with Gasteiger partial charge in [-0.25, -0.2) is 0 Å². The predicted octanol–water partition coefficient (Wildman–Crippen LogP) is 3.79. The summed E-state index contributed by atoms with van der Waals surface area (Å²) in [5, 5.41) is 13.6. The number of aryl methyl sites for hydroxylation is 3. The fourth-order valence-corrected chi connectivity index (χ4v) is 3.44. The van der Waals surface area contributed by atoms with Crippen LogP contribution in [-0.4, -0.2) is 16.8 Å². The van der Waals surface area contributed by atoms with Gasteiger partial charge in [-0.3, -0.25) is 9.59 Å². The molecule has 0 bridgehead atoms. The zero-order chi connectivity index (χ0) is 17.6. The third-order valence-electron chi connectivity index (χ3n) is 4.61. The van der Waals surface area contributed by atoms with E-state index in [0.717, 1.165) is 21.2 Å². The number of fused-ring (bicyclic) bond motifs is 1. The second kappa shape index (κ2) is 5.83. The van der Waals surface area contributed by atoms with Crippen molar-refractivity contribution < 1.29 is 14.7 Å². The average Bonchev–Trinajstić information content (AvgIpc) is 2.74. The van der Waals surface area contributed by atoms with E-state index >= 15 is 0 Å². The first-order valence-electron chi connectivity index (χ1n) is 7.67. The first kappa shape index (κ1) is 16.9. The third-order valence-corrected chi connectivity index (χ3v) is 5.10. The number of aliphatic hydroxyl groups is 1. The highest BCUT2D eigenvalue weighted by molar-refractivity contribution is 9.10. The summed E-state index contributed by atoms with van der Waals surface area (Å²) in [5.74, 6) is -0.813. The molecule has 0 aromatic heterocycles. The molecule has 0 saturated heterocycles. The van der Waals surface area contributed by atoms with Crippen LogP contribution in [0.1, 0.15) is 39.0 Å².